The number of rotatable bonds is 7. The second kappa shape index (κ2) is 8.06. The molecule has 0 saturated carbocycles. The Bertz CT molecular complexity index is 807. The largest absolute Gasteiger partial charge is 0.478 e. The Morgan fingerprint density at radius 3 is 2.67 bits per heavy atom. The van der Waals surface area contributed by atoms with Crippen LogP contribution in [0.2, 0.25) is 5.02 Å². The number of halogens is 1. The van der Waals surface area contributed by atoms with Gasteiger partial charge >= 0.3 is 0 Å². The first-order valence-electron chi connectivity index (χ1n) is 8.66. The van der Waals surface area contributed by atoms with Crippen LogP contribution in [0, 0.1) is 0 Å². The van der Waals surface area contributed by atoms with Crippen molar-refractivity contribution in [3.63, 3.8) is 0 Å². The molecule has 3 rings (SSSR count). The third kappa shape index (κ3) is 4.84. The summed E-state index contributed by atoms with van der Waals surface area (Å²) in [4.78, 5) is 12.4. The number of aliphatic hydroxyl groups is 1. The van der Waals surface area contributed by atoms with E-state index in [2.05, 4.69) is 5.32 Å². The molecule has 0 fully saturated rings. The Labute approximate surface area is 163 Å². The van der Waals surface area contributed by atoms with Gasteiger partial charge in [0.05, 0.1) is 6.10 Å². The molecule has 27 heavy (non-hydrogen) atoms. The van der Waals surface area contributed by atoms with Crippen LogP contribution in [0.3, 0.4) is 0 Å². The predicted octanol–water partition coefficient (Wildman–Crippen LogP) is 3.47. The lowest BCUT2D eigenvalue weighted by Crippen LogP contribution is -2.47. The first-order valence-corrected chi connectivity index (χ1v) is 9.03. The summed E-state index contributed by atoms with van der Waals surface area (Å²) in [6.07, 6.45) is -0.359. The average Bonchev–Trinajstić information content (AvgIpc) is 3.11. The normalized spacial score (nSPS) is 13.9. The fourth-order valence-electron chi connectivity index (χ4n) is 2.67. The third-order valence-electron chi connectivity index (χ3n) is 4.22. The van der Waals surface area contributed by atoms with Crippen LogP contribution >= 0.6 is 11.6 Å². The Balaban J connectivity index is 1.50. The van der Waals surface area contributed by atoms with Crippen molar-refractivity contribution in [3.05, 3.63) is 53.1 Å². The second-order valence-electron chi connectivity index (χ2n) is 6.74. The van der Waals surface area contributed by atoms with Gasteiger partial charge in [0.2, 0.25) is 6.79 Å². The van der Waals surface area contributed by atoms with Gasteiger partial charge < -0.3 is 24.6 Å². The van der Waals surface area contributed by atoms with Gasteiger partial charge in [0.15, 0.2) is 17.1 Å². The number of amides is 1. The molecule has 1 heterocycles. The lowest BCUT2D eigenvalue weighted by atomic mass is 10.1. The zero-order valence-electron chi connectivity index (χ0n) is 15.2. The molecule has 144 valence electrons. The molecule has 1 atom stereocenters. The van der Waals surface area contributed by atoms with Gasteiger partial charge in [0.25, 0.3) is 5.91 Å². The van der Waals surface area contributed by atoms with E-state index in [4.69, 9.17) is 25.8 Å². The van der Waals surface area contributed by atoms with Gasteiger partial charge in [0, 0.05) is 11.6 Å². The number of aliphatic hydroxyl groups excluding tert-OH is 1. The Morgan fingerprint density at radius 2 is 1.93 bits per heavy atom. The number of fused-ring (bicyclic) bond motifs is 1. The van der Waals surface area contributed by atoms with Crippen molar-refractivity contribution in [1.82, 2.24) is 5.32 Å². The molecule has 0 saturated heterocycles. The molecule has 6 nitrogen and oxygen atoms in total. The van der Waals surface area contributed by atoms with Gasteiger partial charge in [-0.1, -0.05) is 17.7 Å². The van der Waals surface area contributed by atoms with Crippen molar-refractivity contribution in [3.8, 4) is 17.2 Å². The first-order chi connectivity index (χ1) is 12.8. The molecular weight excluding hydrogens is 370 g/mol. The molecule has 1 aliphatic heterocycles. The number of carbonyl (C=O) groups excluding carboxylic acids is 1. The maximum atomic E-state index is 12.4. The zero-order chi connectivity index (χ0) is 19.4. The van der Waals surface area contributed by atoms with Crippen LogP contribution in [0.25, 0.3) is 0 Å². The van der Waals surface area contributed by atoms with Gasteiger partial charge in [0.1, 0.15) is 5.75 Å². The van der Waals surface area contributed by atoms with Gasteiger partial charge in [-0.05, 0) is 62.2 Å². The van der Waals surface area contributed by atoms with E-state index in [9.17, 15) is 9.90 Å². The van der Waals surface area contributed by atoms with E-state index in [-0.39, 0.29) is 12.7 Å². The van der Waals surface area contributed by atoms with Crippen LogP contribution in [0.15, 0.2) is 42.5 Å². The number of nitrogens with one attached hydrogen (secondary N) is 1. The van der Waals surface area contributed by atoms with Crippen LogP contribution in [-0.2, 0) is 4.79 Å². The molecule has 0 bridgehead atoms. The Hall–Kier alpha value is -2.44. The standard InChI is InChI=1S/C20H22ClNO5/c1-20(2,27-15-6-4-14(21)5-7-15)19(24)22-10-9-16(23)13-3-8-17-18(11-13)26-12-25-17/h3-8,11,16,23H,9-10,12H2,1-2H3,(H,22,24). The summed E-state index contributed by atoms with van der Waals surface area (Å²) < 4.78 is 16.3. The minimum absolute atomic E-state index is 0.188. The summed E-state index contributed by atoms with van der Waals surface area (Å²) in [7, 11) is 0. The van der Waals surface area contributed by atoms with Crippen LogP contribution < -0.4 is 19.5 Å². The minimum Gasteiger partial charge on any atom is -0.478 e. The number of carbonyl (C=O) groups is 1. The van der Waals surface area contributed by atoms with Crippen molar-refractivity contribution in [2.24, 2.45) is 0 Å². The summed E-state index contributed by atoms with van der Waals surface area (Å²) in [5, 5.41) is 13.7. The van der Waals surface area contributed by atoms with Gasteiger partial charge in [-0.25, -0.2) is 0 Å². The van der Waals surface area contributed by atoms with E-state index in [1.807, 2.05) is 0 Å². The van der Waals surface area contributed by atoms with Crippen LogP contribution in [0.5, 0.6) is 17.2 Å². The van der Waals surface area contributed by atoms with Crippen LogP contribution in [0.1, 0.15) is 31.9 Å². The molecule has 0 aromatic heterocycles. The summed E-state index contributed by atoms with van der Waals surface area (Å²) in [5.41, 5.74) is -0.345. The molecule has 2 aromatic rings. The first kappa shape index (κ1) is 19.3. The van der Waals surface area contributed by atoms with E-state index < -0.39 is 11.7 Å². The lowest BCUT2D eigenvalue weighted by molar-refractivity contribution is -0.134. The molecule has 2 aromatic carbocycles. The van der Waals surface area contributed by atoms with Crippen LogP contribution in [-0.4, -0.2) is 30.0 Å². The van der Waals surface area contributed by atoms with Gasteiger partial charge in [-0.3, -0.25) is 4.79 Å². The van der Waals surface area contributed by atoms with E-state index >= 15 is 0 Å². The summed E-state index contributed by atoms with van der Waals surface area (Å²) in [5.74, 6) is 1.57. The molecule has 2 N–H and O–H groups in total. The molecule has 0 spiro atoms. The smallest absolute Gasteiger partial charge is 0.263 e. The monoisotopic (exact) mass is 391 g/mol. The fraction of sp³-hybridized carbons (Fsp3) is 0.350. The molecule has 0 radical (unpaired) electrons. The quantitative estimate of drug-likeness (QED) is 0.755. The Morgan fingerprint density at radius 1 is 1.22 bits per heavy atom. The zero-order valence-corrected chi connectivity index (χ0v) is 16.0. The SMILES string of the molecule is CC(C)(Oc1ccc(Cl)cc1)C(=O)NCCC(O)c1ccc2c(c1)OCO2. The van der Waals surface area contributed by atoms with Gasteiger partial charge in [-0.15, -0.1) is 0 Å². The maximum Gasteiger partial charge on any atom is 0.263 e. The minimum atomic E-state index is -1.06. The molecule has 1 amide bonds. The van der Waals surface area contributed by atoms with Crippen molar-refractivity contribution in [2.75, 3.05) is 13.3 Å². The van der Waals surface area contributed by atoms with E-state index in [0.717, 1.165) is 0 Å². The highest BCUT2D eigenvalue weighted by Gasteiger charge is 2.29. The van der Waals surface area contributed by atoms with Crippen LogP contribution in [0.4, 0.5) is 0 Å². The molecular formula is C20H22ClNO5. The molecule has 1 aliphatic rings. The van der Waals surface area contributed by atoms with E-state index in [1.54, 1.807) is 56.3 Å². The highest BCUT2D eigenvalue weighted by Crippen LogP contribution is 2.34. The number of ether oxygens (including phenoxy) is 3. The molecule has 1 unspecified atom stereocenters. The fourth-order valence-corrected chi connectivity index (χ4v) is 2.79. The molecule has 7 heteroatoms. The summed E-state index contributed by atoms with van der Waals surface area (Å²) >= 11 is 5.85. The summed E-state index contributed by atoms with van der Waals surface area (Å²) in [6.45, 7) is 3.87. The van der Waals surface area contributed by atoms with Crippen molar-refractivity contribution < 1.29 is 24.1 Å². The number of hydrogen-bond acceptors (Lipinski definition) is 5. The Kier molecular flexibility index (Phi) is 5.77. The maximum absolute atomic E-state index is 12.4. The highest BCUT2D eigenvalue weighted by atomic mass is 35.5. The highest BCUT2D eigenvalue weighted by molar-refractivity contribution is 6.30. The summed E-state index contributed by atoms with van der Waals surface area (Å²) in [6, 6.07) is 12.1. The number of hydrogen-bond donors (Lipinski definition) is 2. The molecule has 0 aliphatic carbocycles. The van der Waals surface area contributed by atoms with Crippen molar-refractivity contribution in [2.45, 2.75) is 32.0 Å². The average molecular weight is 392 g/mol. The topological polar surface area (TPSA) is 77.0 Å². The van der Waals surface area contributed by atoms with Crippen molar-refractivity contribution in [1.29, 1.82) is 0 Å². The second-order valence-corrected chi connectivity index (χ2v) is 7.18. The van der Waals surface area contributed by atoms with Gasteiger partial charge in [-0.2, -0.15) is 0 Å². The van der Waals surface area contributed by atoms with E-state index in [1.165, 1.54) is 0 Å². The van der Waals surface area contributed by atoms with Crippen molar-refractivity contribution >= 4 is 17.5 Å². The van der Waals surface area contributed by atoms with E-state index in [0.29, 0.717) is 40.8 Å². The predicted molar refractivity (Wildman–Crippen MR) is 101 cm³/mol. The number of benzene rings is 2. The lowest BCUT2D eigenvalue weighted by Gasteiger charge is -2.25. The third-order valence-corrected chi connectivity index (χ3v) is 4.47.